The van der Waals surface area contributed by atoms with Gasteiger partial charge in [0.05, 0.1) is 11.1 Å². The molecular weight excluding hydrogens is 331 g/mol. The minimum Gasteiger partial charge on any atom is -0.271 e. The van der Waals surface area contributed by atoms with Crippen LogP contribution in [0.25, 0.3) is 0 Å². The molecule has 2 nitrogen and oxygen atoms in total. The summed E-state index contributed by atoms with van der Waals surface area (Å²) >= 11 is 9.45. The second kappa shape index (κ2) is 6.48. The molecule has 2 aromatic carbocycles. The highest BCUT2D eigenvalue weighted by molar-refractivity contribution is 9.10. The van der Waals surface area contributed by atoms with Gasteiger partial charge in [-0.3, -0.25) is 11.3 Å². The Bertz CT molecular complexity index is 577. The summed E-state index contributed by atoms with van der Waals surface area (Å²) in [5.74, 6) is 5.19. The van der Waals surface area contributed by atoms with E-state index < -0.39 is 5.82 Å². The van der Waals surface area contributed by atoms with Crippen molar-refractivity contribution < 1.29 is 4.39 Å². The number of hydrogen-bond acceptors (Lipinski definition) is 2. The molecule has 3 N–H and O–H groups in total. The van der Waals surface area contributed by atoms with Crippen LogP contribution in [0, 0.1) is 5.82 Å². The Balaban J connectivity index is 2.30. The summed E-state index contributed by atoms with van der Waals surface area (Å²) in [6, 6.07) is 12.4. The first-order valence-electron chi connectivity index (χ1n) is 5.77. The Kier molecular flexibility index (Phi) is 4.93. The smallest absolute Gasteiger partial charge is 0.142 e. The first-order valence-corrected chi connectivity index (χ1v) is 6.94. The van der Waals surface area contributed by atoms with Gasteiger partial charge in [-0.1, -0.05) is 57.9 Å². The molecule has 0 heterocycles. The fourth-order valence-electron chi connectivity index (χ4n) is 1.94. The van der Waals surface area contributed by atoms with Gasteiger partial charge in [-0.15, -0.1) is 0 Å². The van der Waals surface area contributed by atoms with E-state index in [0.717, 1.165) is 15.6 Å². The molecule has 0 aliphatic heterocycles. The van der Waals surface area contributed by atoms with Crippen molar-refractivity contribution in [2.24, 2.45) is 5.84 Å². The van der Waals surface area contributed by atoms with E-state index in [4.69, 9.17) is 17.4 Å². The van der Waals surface area contributed by atoms with Crippen molar-refractivity contribution in [2.45, 2.75) is 12.5 Å². The Labute approximate surface area is 124 Å². The molecule has 19 heavy (non-hydrogen) atoms. The largest absolute Gasteiger partial charge is 0.271 e. The van der Waals surface area contributed by atoms with Crippen LogP contribution in [0.3, 0.4) is 0 Å². The van der Waals surface area contributed by atoms with Crippen LogP contribution in [0.4, 0.5) is 4.39 Å². The molecule has 1 atom stereocenters. The van der Waals surface area contributed by atoms with Gasteiger partial charge >= 0.3 is 0 Å². The van der Waals surface area contributed by atoms with Crippen LogP contribution in [-0.2, 0) is 6.42 Å². The van der Waals surface area contributed by atoms with Crippen LogP contribution in [0.5, 0.6) is 0 Å². The Morgan fingerprint density at radius 1 is 1.21 bits per heavy atom. The molecule has 0 aromatic heterocycles. The molecule has 0 fully saturated rings. The monoisotopic (exact) mass is 342 g/mol. The molecule has 0 aliphatic rings. The van der Waals surface area contributed by atoms with Gasteiger partial charge in [0.15, 0.2) is 0 Å². The summed E-state index contributed by atoms with van der Waals surface area (Å²) in [6.07, 6.45) is 0.510. The zero-order valence-corrected chi connectivity index (χ0v) is 12.4. The van der Waals surface area contributed by atoms with E-state index in [9.17, 15) is 4.39 Å². The average Bonchev–Trinajstić information content (AvgIpc) is 2.41. The zero-order valence-electron chi connectivity index (χ0n) is 10.0. The highest BCUT2D eigenvalue weighted by Crippen LogP contribution is 2.28. The number of hydrazine groups is 1. The predicted molar refractivity (Wildman–Crippen MR) is 79.3 cm³/mol. The summed E-state index contributed by atoms with van der Waals surface area (Å²) in [5.41, 5.74) is 4.47. The molecule has 0 aliphatic carbocycles. The fourth-order valence-corrected chi connectivity index (χ4v) is 2.71. The predicted octanol–water partition coefficient (Wildman–Crippen LogP) is 3.99. The Morgan fingerprint density at radius 2 is 1.95 bits per heavy atom. The summed E-state index contributed by atoms with van der Waals surface area (Å²) in [6.45, 7) is 0. The third-order valence-corrected chi connectivity index (χ3v) is 4.08. The molecule has 2 aromatic rings. The zero-order chi connectivity index (χ0) is 13.8. The summed E-state index contributed by atoms with van der Waals surface area (Å²) in [5, 5.41) is 0.148. The number of nitrogens with two attached hydrogens (primary N) is 1. The number of halogens is 3. The van der Waals surface area contributed by atoms with Crippen LogP contribution < -0.4 is 11.3 Å². The van der Waals surface area contributed by atoms with E-state index in [1.54, 1.807) is 12.1 Å². The molecule has 0 saturated carbocycles. The maximum absolute atomic E-state index is 13.4. The highest BCUT2D eigenvalue weighted by atomic mass is 79.9. The highest BCUT2D eigenvalue weighted by Gasteiger charge is 2.16. The minimum absolute atomic E-state index is 0.144. The van der Waals surface area contributed by atoms with Gasteiger partial charge < -0.3 is 0 Å². The molecule has 0 spiro atoms. The third kappa shape index (κ3) is 3.34. The van der Waals surface area contributed by atoms with Crippen LogP contribution >= 0.6 is 27.5 Å². The van der Waals surface area contributed by atoms with E-state index in [0.29, 0.717) is 6.42 Å². The van der Waals surface area contributed by atoms with Crippen molar-refractivity contribution in [3.63, 3.8) is 0 Å². The van der Waals surface area contributed by atoms with E-state index in [2.05, 4.69) is 21.4 Å². The van der Waals surface area contributed by atoms with Gasteiger partial charge in [0.2, 0.25) is 0 Å². The van der Waals surface area contributed by atoms with E-state index in [1.807, 2.05) is 24.3 Å². The molecule has 0 radical (unpaired) electrons. The van der Waals surface area contributed by atoms with E-state index in [1.165, 1.54) is 6.07 Å². The minimum atomic E-state index is -0.415. The number of rotatable bonds is 4. The van der Waals surface area contributed by atoms with Crippen molar-refractivity contribution >= 4 is 27.5 Å². The maximum atomic E-state index is 13.4. The van der Waals surface area contributed by atoms with Crippen molar-refractivity contribution in [3.05, 3.63) is 68.9 Å². The second-order valence-electron chi connectivity index (χ2n) is 4.16. The van der Waals surface area contributed by atoms with Crippen LogP contribution in [0.1, 0.15) is 17.2 Å². The molecular formula is C14H13BrClFN2. The third-order valence-electron chi connectivity index (χ3n) is 2.94. The van der Waals surface area contributed by atoms with Gasteiger partial charge in [0, 0.05) is 4.47 Å². The van der Waals surface area contributed by atoms with Gasteiger partial charge in [0.1, 0.15) is 5.82 Å². The number of nitrogens with one attached hydrogen (secondary N) is 1. The molecule has 0 amide bonds. The fraction of sp³-hybridized carbons (Fsp3) is 0.143. The number of hydrogen-bond donors (Lipinski definition) is 2. The quantitative estimate of drug-likeness (QED) is 0.651. The molecule has 100 valence electrons. The van der Waals surface area contributed by atoms with Gasteiger partial charge in [-0.25, -0.2) is 4.39 Å². The molecule has 5 heteroatoms. The molecule has 1 unspecified atom stereocenters. The lowest BCUT2D eigenvalue weighted by Crippen LogP contribution is -2.30. The summed E-state index contributed by atoms with van der Waals surface area (Å²) < 4.78 is 14.4. The van der Waals surface area contributed by atoms with Crippen LogP contribution in [-0.4, -0.2) is 0 Å². The maximum Gasteiger partial charge on any atom is 0.142 e. The van der Waals surface area contributed by atoms with Gasteiger partial charge in [0.25, 0.3) is 0 Å². The summed E-state index contributed by atoms with van der Waals surface area (Å²) in [4.78, 5) is 0. The van der Waals surface area contributed by atoms with Crippen LogP contribution in [0.2, 0.25) is 5.02 Å². The first-order chi connectivity index (χ1) is 9.13. The Morgan fingerprint density at radius 3 is 2.63 bits per heavy atom. The molecule has 0 saturated heterocycles. The second-order valence-corrected chi connectivity index (χ2v) is 5.39. The average molecular weight is 344 g/mol. The van der Waals surface area contributed by atoms with Gasteiger partial charge in [-0.05, 0) is 29.7 Å². The van der Waals surface area contributed by atoms with Gasteiger partial charge in [-0.2, -0.15) is 0 Å². The Hall–Kier alpha value is -0.940. The van der Waals surface area contributed by atoms with E-state index in [-0.39, 0.29) is 11.1 Å². The first kappa shape index (κ1) is 14.5. The molecule has 2 rings (SSSR count). The number of benzene rings is 2. The lowest BCUT2D eigenvalue weighted by Gasteiger charge is -2.18. The topological polar surface area (TPSA) is 38.0 Å². The van der Waals surface area contributed by atoms with Crippen LogP contribution in [0.15, 0.2) is 46.9 Å². The summed E-state index contributed by atoms with van der Waals surface area (Å²) in [7, 11) is 0. The standard InChI is InChI=1S/C14H13BrClFN2/c15-11-6-2-1-5-10(11)13(19-18)8-9-4-3-7-12(17)14(9)16/h1-7,13,19H,8,18H2. The molecule has 0 bridgehead atoms. The van der Waals surface area contributed by atoms with Crippen molar-refractivity contribution in [1.82, 2.24) is 5.43 Å². The van der Waals surface area contributed by atoms with Crippen molar-refractivity contribution in [2.75, 3.05) is 0 Å². The van der Waals surface area contributed by atoms with E-state index >= 15 is 0 Å². The lowest BCUT2D eigenvalue weighted by atomic mass is 9.99. The van der Waals surface area contributed by atoms with Crippen molar-refractivity contribution in [1.29, 1.82) is 0 Å². The lowest BCUT2D eigenvalue weighted by molar-refractivity contribution is 0.547. The SMILES string of the molecule is NNC(Cc1cccc(F)c1Cl)c1ccccc1Br. The van der Waals surface area contributed by atoms with Crippen molar-refractivity contribution in [3.8, 4) is 0 Å². The normalized spacial score (nSPS) is 12.4.